The van der Waals surface area contributed by atoms with E-state index < -0.39 is 16.1 Å². The second-order valence-corrected chi connectivity index (χ2v) is 12.6. The number of carbonyl (C=O) groups excluding carboxylic acids is 1. The van der Waals surface area contributed by atoms with Gasteiger partial charge in [0.05, 0.1) is 10.9 Å². The van der Waals surface area contributed by atoms with E-state index in [1.165, 1.54) is 5.56 Å². The van der Waals surface area contributed by atoms with Crippen molar-refractivity contribution in [2.24, 2.45) is 0 Å². The third-order valence-electron chi connectivity index (χ3n) is 7.72. The van der Waals surface area contributed by atoms with Crippen molar-refractivity contribution in [2.45, 2.75) is 68.0 Å². The Labute approximate surface area is 226 Å². The summed E-state index contributed by atoms with van der Waals surface area (Å²) in [5, 5.41) is 0.487. The monoisotopic (exact) mass is 547 g/mol. The minimum absolute atomic E-state index is 0.0461. The SMILES string of the molecule is CN1CCC(N(C)C(=O)OC[C@H]2CCC[C@@H](CCc3ccccc3)N2S(=O)(=O)c2ccc(Cl)cc2)CC1. The average molecular weight is 548 g/mol. The first-order chi connectivity index (χ1) is 17.8. The van der Waals surface area contributed by atoms with E-state index in [-0.39, 0.29) is 29.7 Å². The number of sulfonamides is 1. The minimum Gasteiger partial charge on any atom is -0.448 e. The number of carbonyl (C=O) groups is 1. The van der Waals surface area contributed by atoms with Gasteiger partial charge in [-0.25, -0.2) is 13.2 Å². The smallest absolute Gasteiger partial charge is 0.409 e. The summed E-state index contributed by atoms with van der Waals surface area (Å²) < 4.78 is 35.2. The Hall–Kier alpha value is -2.13. The van der Waals surface area contributed by atoms with Crippen molar-refractivity contribution in [3.05, 3.63) is 65.2 Å². The van der Waals surface area contributed by atoms with E-state index in [4.69, 9.17) is 16.3 Å². The van der Waals surface area contributed by atoms with Crippen LogP contribution in [0.4, 0.5) is 4.79 Å². The van der Waals surface area contributed by atoms with E-state index in [0.29, 0.717) is 17.9 Å². The van der Waals surface area contributed by atoms with Crippen LogP contribution in [0.5, 0.6) is 0 Å². The van der Waals surface area contributed by atoms with Crippen LogP contribution in [0, 0.1) is 0 Å². The summed E-state index contributed by atoms with van der Waals surface area (Å²) in [4.78, 5) is 17.1. The van der Waals surface area contributed by atoms with Crippen LogP contribution >= 0.6 is 11.6 Å². The Kier molecular flexibility index (Phi) is 9.51. The number of amides is 1. The highest BCUT2D eigenvalue weighted by Gasteiger charge is 2.40. The first kappa shape index (κ1) is 27.9. The molecule has 2 fully saturated rings. The Balaban J connectivity index is 1.50. The first-order valence-electron chi connectivity index (χ1n) is 13.2. The van der Waals surface area contributed by atoms with Gasteiger partial charge in [-0.15, -0.1) is 0 Å². The number of hydrogen-bond donors (Lipinski definition) is 0. The van der Waals surface area contributed by atoms with Gasteiger partial charge in [-0.3, -0.25) is 0 Å². The molecule has 0 aromatic heterocycles. The van der Waals surface area contributed by atoms with Crippen LogP contribution in [-0.2, 0) is 21.2 Å². The zero-order valence-corrected chi connectivity index (χ0v) is 23.3. The summed E-state index contributed by atoms with van der Waals surface area (Å²) in [7, 11) is 0.0547. The molecule has 2 aliphatic heterocycles. The van der Waals surface area contributed by atoms with Crippen molar-refractivity contribution in [1.29, 1.82) is 0 Å². The fourth-order valence-corrected chi connectivity index (χ4v) is 7.48. The molecule has 202 valence electrons. The molecule has 0 bridgehead atoms. The molecule has 0 radical (unpaired) electrons. The molecule has 1 amide bonds. The standard InChI is InChI=1S/C28H38ClN3O4S/c1-30-19-17-24(18-20-30)31(2)28(33)36-21-26-10-6-9-25(14-11-22-7-4-3-5-8-22)32(26)37(34,35)27-15-12-23(29)13-16-27/h3-5,7-8,12-13,15-16,24-26H,6,9-11,14,17-21H2,1-2H3/t25-,26+/m0/s1. The van der Waals surface area contributed by atoms with Gasteiger partial charge in [0.2, 0.25) is 10.0 Å². The van der Waals surface area contributed by atoms with Crippen molar-refractivity contribution in [3.63, 3.8) is 0 Å². The van der Waals surface area contributed by atoms with Crippen LogP contribution in [0.3, 0.4) is 0 Å². The number of nitrogens with zero attached hydrogens (tertiary/aromatic N) is 3. The largest absolute Gasteiger partial charge is 0.448 e. The van der Waals surface area contributed by atoms with Gasteiger partial charge < -0.3 is 14.5 Å². The Morgan fingerprint density at radius 2 is 1.65 bits per heavy atom. The van der Waals surface area contributed by atoms with Gasteiger partial charge in [0.25, 0.3) is 0 Å². The second-order valence-electron chi connectivity index (χ2n) is 10.3. The number of aryl methyl sites for hydroxylation is 1. The number of benzene rings is 2. The van der Waals surface area contributed by atoms with Crippen molar-refractivity contribution in [1.82, 2.24) is 14.1 Å². The maximum Gasteiger partial charge on any atom is 0.409 e. The van der Waals surface area contributed by atoms with E-state index in [1.807, 2.05) is 18.2 Å². The highest BCUT2D eigenvalue weighted by molar-refractivity contribution is 7.89. The predicted octanol–water partition coefficient (Wildman–Crippen LogP) is 5.05. The van der Waals surface area contributed by atoms with Crippen LogP contribution in [0.25, 0.3) is 0 Å². The summed E-state index contributed by atoms with van der Waals surface area (Å²) in [5.74, 6) is 0. The maximum atomic E-state index is 13.9. The van der Waals surface area contributed by atoms with Gasteiger partial charge in [-0.1, -0.05) is 48.4 Å². The van der Waals surface area contributed by atoms with Crippen molar-refractivity contribution in [3.8, 4) is 0 Å². The molecule has 2 heterocycles. The Bertz CT molecular complexity index is 1120. The normalized spacial score (nSPS) is 22.0. The highest BCUT2D eigenvalue weighted by Crippen LogP contribution is 2.33. The Morgan fingerprint density at radius 1 is 1.00 bits per heavy atom. The quantitative estimate of drug-likeness (QED) is 0.462. The summed E-state index contributed by atoms with van der Waals surface area (Å²) in [6.45, 7) is 1.94. The molecule has 0 saturated carbocycles. The lowest BCUT2D eigenvalue weighted by atomic mass is 9.94. The van der Waals surface area contributed by atoms with Gasteiger partial charge in [0.15, 0.2) is 0 Å². The topological polar surface area (TPSA) is 70.2 Å². The van der Waals surface area contributed by atoms with Crippen LogP contribution in [0.15, 0.2) is 59.5 Å². The van der Waals surface area contributed by atoms with Gasteiger partial charge >= 0.3 is 6.09 Å². The molecule has 0 N–H and O–H groups in total. The molecule has 2 atom stereocenters. The van der Waals surface area contributed by atoms with Crippen LogP contribution < -0.4 is 0 Å². The first-order valence-corrected chi connectivity index (χ1v) is 15.0. The van der Waals surface area contributed by atoms with E-state index in [2.05, 4.69) is 24.1 Å². The molecule has 2 aromatic carbocycles. The molecule has 0 unspecified atom stereocenters. The number of halogens is 1. The van der Waals surface area contributed by atoms with Crippen LogP contribution in [0.2, 0.25) is 5.02 Å². The summed E-state index contributed by atoms with van der Waals surface area (Å²) in [5.41, 5.74) is 1.18. The third-order valence-corrected chi connectivity index (χ3v) is 9.99. The van der Waals surface area contributed by atoms with Gasteiger partial charge in [0, 0.05) is 24.2 Å². The zero-order chi connectivity index (χ0) is 26.4. The molecule has 7 nitrogen and oxygen atoms in total. The number of rotatable bonds is 8. The second kappa shape index (κ2) is 12.6. The third kappa shape index (κ3) is 7.05. The predicted molar refractivity (Wildman–Crippen MR) is 146 cm³/mol. The fraction of sp³-hybridized carbons (Fsp3) is 0.536. The zero-order valence-electron chi connectivity index (χ0n) is 21.8. The van der Waals surface area contributed by atoms with Gasteiger partial charge in [-0.2, -0.15) is 4.31 Å². The summed E-state index contributed by atoms with van der Waals surface area (Å²) in [6.07, 6.45) is 5.23. The number of ether oxygens (including phenoxy) is 1. The fourth-order valence-electron chi connectivity index (χ4n) is 5.47. The van der Waals surface area contributed by atoms with Gasteiger partial charge in [0.1, 0.15) is 6.61 Å². The van der Waals surface area contributed by atoms with Crippen molar-refractivity contribution < 1.29 is 17.9 Å². The van der Waals surface area contributed by atoms with Crippen LogP contribution in [0.1, 0.15) is 44.1 Å². The van der Waals surface area contributed by atoms with Crippen LogP contribution in [-0.4, -0.2) is 80.5 Å². The molecular weight excluding hydrogens is 510 g/mol. The lowest BCUT2D eigenvalue weighted by molar-refractivity contribution is 0.0503. The number of hydrogen-bond acceptors (Lipinski definition) is 5. The molecule has 9 heteroatoms. The van der Waals surface area contributed by atoms with Gasteiger partial charge in [-0.05, 0) is 88.5 Å². The van der Waals surface area contributed by atoms with E-state index in [9.17, 15) is 13.2 Å². The van der Waals surface area contributed by atoms with Crippen molar-refractivity contribution >= 4 is 27.7 Å². The molecule has 2 aromatic rings. The summed E-state index contributed by atoms with van der Waals surface area (Å²) >= 11 is 6.04. The van der Waals surface area contributed by atoms with Crippen molar-refractivity contribution in [2.75, 3.05) is 33.8 Å². The molecular formula is C28H38ClN3O4S. The molecule has 0 aliphatic carbocycles. The van der Waals surface area contributed by atoms with E-state index in [0.717, 1.165) is 45.2 Å². The molecule has 2 aliphatic rings. The molecule has 37 heavy (non-hydrogen) atoms. The minimum atomic E-state index is -3.81. The van der Waals surface area contributed by atoms with E-state index in [1.54, 1.807) is 40.5 Å². The number of likely N-dealkylation sites (tertiary alicyclic amines) is 1. The molecule has 2 saturated heterocycles. The Morgan fingerprint density at radius 3 is 2.32 bits per heavy atom. The highest BCUT2D eigenvalue weighted by atomic mass is 35.5. The molecule has 4 rings (SSSR count). The lowest BCUT2D eigenvalue weighted by Crippen LogP contribution is -2.52. The molecule has 0 spiro atoms. The van der Waals surface area contributed by atoms with E-state index >= 15 is 0 Å². The average Bonchev–Trinajstić information content (AvgIpc) is 2.91. The number of piperidine rings is 2. The summed E-state index contributed by atoms with van der Waals surface area (Å²) in [6, 6.07) is 16.0. The lowest BCUT2D eigenvalue weighted by Gasteiger charge is -2.41. The maximum absolute atomic E-state index is 13.9.